The van der Waals surface area contributed by atoms with E-state index in [1.165, 1.54) is 0 Å². The molecular weight excluding hydrogens is 306 g/mol. The van der Waals surface area contributed by atoms with Gasteiger partial charge in [-0.25, -0.2) is 9.59 Å². The molecule has 0 spiro atoms. The van der Waals surface area contributed by atoms with Crippen LogP contribution in [0, 0.1) is 5.92 Å². The Kier molecular flexibility index (Phi) is 3.16. The van der Waals surface area contributed by atoms with Crippen LogP contribution in [0.1, 0.15) is 34.1 Å². The predicted octanol–water partition coefficient (Wildman–Crippen LogP) is 3.30. The predicted molar refractivity (Wildman–Crippen MR) is 88.5 cm³/mol. The summed E-state index contributed by atoms with van der Waals surface area (Å²) < 4.78 is 10.9. The van der Waals surface area contributed by atoms with E-state index in [-0.39, 0.29) is 5.92 Å². The van der Waals surface area contributed by atoms with Gasteiger partial charge >= 0.3 is 11.9 Å². The van der Waals surface area contributed by atoms with Crippen LogP contribution >= 0.6 is 0 Å². The first-order valence-corrected chi connectivity index (χ1v) is 7.72. The van der Waals surface area contributed by atoms with Crippen molar-refractivity contribution in [1.82, 2.24) is 0 Å². The van der Waals surface area contributed by atoms with E-state index in [4.69, 9.17) is 15.2 Å². The Labute approximate surface area is 138 Å². The average Bonchev–Trinajstić information content (AvgIpc) is 2.56. The Morgan fingerprint density at radius 2 is 1.88 bits per heavy atom. The summed E-state index contributed by atoms with van der Waals surface area (Å²) in [5.74, 6) is 0.152. The fourth-order valence-electron chi connectivity index (χ4n) is 3.15. The number of carbonyl (C=O) groups excluding carboxylic acids is 2. The Bertz CT molecular complexity index is 935. The van der Waals surface area contributed by atoms with Crippen LogP contribution < -0.4 is 10.5 Å². The van der Waals surface area contributed by atoms with Gasteiger partial charge in [-0.1, -0.05) is 25.1 Å². The van der Waals surface area contributed by atoms with Crippen LogP contribution in [0.5, 0.6) is 5.75 Å². The molecule has 1 unspecified atom stereocenters. The van der Waals surface area contributed by atoms with Crippen LogP contribution in [0.2, 0.25) is 0 Å². The molecular formula is C19H15NO4. The lowest BCUT2D eigenvalue weighted by atomic mass is 9.96. The summed E-state index contributed by atoms with van der Waals surface area (Å²) >= 11 is 0. The Morgan fingerprint density at radius 1 is 1.12 bits per heavy atom. The van der Waals surface area contributed by atoms with Gasteiger partial charge in [-0.3, -0.25) is 0 Å². The van der Waals surface area contributed by atoms with Crippen LogP contribution in [-0.2, 0) is 4.74 Å². The molecule has 2 aromatic rings. The topological polar surface area (TPSA) is 78.6 Å². The number of cyclic esters (lactones) is 2. The maximum Gasteiger partial charge on any atom is 0.346 e. The third-order valence-corrected chi connectivity index (χ3v) is 4.36. The van der Waals surface area contributed by atoms with E-state index in [1.807, 2.05) is 25.1 Å². The fourth-order valence-corrected chi connectivity index (χ4v) is 3.15. The molecule has 24 heavy (non-hydrogen) atoms. The highest BCUT2D eigenvalue weighted by Crippen LogP contribution is 2.37. The molecule has 0 saturated heterocycles. The van der Waals surface area contributed by atoms with Crippen molar-refractivity contribution in [2.24, 2.45) is 11.7 Å². The van der Waals surface area contributed by atoms with Gasteiger partial charge in [-0.15, -0.1) is 0 Å². The molecule has 0 amide bonds. The number of carbonyl (C=O) groups is 2. The second-order valence-electron chi connectivity index (χ2n) is 5.98. The molecule has 5 heteroatoms. The van der Waals surface area contributed by atoms with Crippen molar-refractivity contribution in [1.29, 1.82) is 0 Å². The lowest BCUT2D eigenvalue weighted by Gasteiger charge is -2.22. The molecule has 0 saturated carbocycles. The average molecular weight is 321 g/mol. The summed E-state index contributed by atoms with van der Waals surface area (Å²) in [6.07, 6.45) is 4.70. The second kappa shape index (κ2) is 5.23. The number of esters is 2. The zero-order valence-electron chi connectivity index (χ0n) is 13.0. The van der Waals surface area contributed by atoms with E-state index < -0.39 is 11.9 Å². The van der Waals surface area contributed by atoms with Crippen molar-refractivity contribution in [2.45, 2.75) is 13.3 Å². The quantitative estimate of drug-likeness (QED) is 0.678. The van der Waals surface area contributed by atoms with Gasteiger partial charge in [0.15, 0.2) is 0 Å². The first-order valence-electron chi connectivity index (χ1n) is 7.72. The van der Waals surface area contributed by atoms with Crippen molar-refractivity contribution in [3.05, 3.63) is 65.1 Å². The number of hydrogen-bond donors (Lipinski definition) is 1. The summed E-state index contributed by atoms with van der Waals surface area (Å²) in [5.41, 5.74) is 7.36. The molecule has 5 nitrogen and oxygen atoms in total. The van der Waals surface area contributed by atoms with Crippen molar-refractivity contribution in [3.8, 4) is 5.75 Å². The molecule has 0 radical (unpaired) electrons. The Hall–Kier alpha value is -3.08. The standard InChI is InChI=1S/C19H15NO4/c1-10-4-2-7-14(20)17(10)23-15-9-8-13-16-11(15)5-3-6-12(16)18(21)24-19(13)22/h2-3,5-10H,4,20H2,1H3. The molecule has 2 aliphatic rings. The summed E-state index contributed by atoms with van der Waals surface area (Å²) in [4.78, 5) is 23.9. The van der Waals surface area contributed by atoms with E-state index in [0.717, 1.165) is 6.42 Å². The Balaban J connectivity index is 1.91. The van der Waals surface area contributed by atoms with Gasteiger partial charge in [0, 0.05) is 16.7 Å². The van der Waals surface area contributed by atoms with Crippen LogP contribution in [0.25, 0.3) is 10.8 Å². The third-order valence-electron chi connectivity index (χ3n) is 4.36. The van der Waals surface area contributed by atoms with Gasteiger partial charge in [-0.2, -0.15) is 0 Å². The summed E-state index contributed by atoms with van der Waals surface area (Å²) in [6, 6.07) is 8.54. The zero-order chi connectivity index (χ0) is 16.8. The second-order valence-corrected chi connectivity index (χ2v) is 5.98. The van der Waals surface area contributed by atoms with Crippen molar-refractivity contribution < 1.29 is 19.1 Å². The first-order chi connectivity index (χ1) is 11.6. The SMILES string of the molecule is CC1CC=CC(N)=C1Oc1ccc2c3c(cccc13)C(=O)OC2=O. The van der Waals surface area contributed by atoms with E-state index in [2.05, 4.69) is 0 Å². The van der Waals surface area contributed by atoms with E-state index in [1.54, 1.807) is 24.3 Å². The molecule has 1 atom stereocenters. The van der Waals surface area contributed by atoms with Gasteiger partial charge in [0.1, 0.15) is 11.5 Å². The highest BCUT2D eigenvalue weighted by molar-refractivity contribution is 6.21. The van der Waals surface area contributed by atoms with Gasteiger partial charge < -0.3 is 15.2 Å². The van der Waals surface area contributed by atoms with Gasteiger partial charge in [-0.05, 0) is 30.7 Å². The first kappa shape index (κ1) is 14.5. The smallest absolute Gasteiger partial charge is 0.346 e. The lowest BCUT2D eigenvalue weighted by Crippen LogP contribution is -2.20. The van der Waals surface area contributed by atoms with Crippen LogP contribution in [-0.4, -0.2) is 11.9 Å². The number of hydrogen-bond acceptors (Lipinski definition) is 5. The highest BCUT2D eigenvalue weighted by atomic mass is 16.6. The summed E-state index contributed by atoms with van der Waals surface area (Å²) in [5, 5.41) is 1.26. The number of ether oxygens (including phenoxy) is 2. The van der Waals surface area contributed by atoms with Crippen LogP contribution in [0.4, 0.5) is 0 Å². The fraction of sp³-hybridized carbons (Fsp3) is 0.158. The molecule has 1 heterocycles. The number of allylic oxidation sites excluding steroid dienone is 3. The largest absolute Gasteiger partial charge is 0.459 e. The molecule has 0 bridgehead atoms. The number of nitrogens with two attached hydrogens (primary N) is 1. The van der Waals surface area contributed by atoms with Gasteiger partial charge in [0.2, 0.25) is 0 Å². The summed E-state index contributed by atoms with van der Waals surface area (Å²) in [7, 11) is 0. The minimum Gasteiger partial charge on any atom is -0.459 e. The van der Waals surface area contributed by atoms with E-state index >= 15 is 0 Å². The molecule has 120 valence electrons. The molecule has 0 aromatic heterocycles. The van der Waals surface area contributed by atoms with Crippen LogP contribution in [0.3, 0.4) is 0 Å². The van der Waals surface area contributed by atoms with Gasteiger partial charge in [0.25, 0.3) is 0 Å². The normalized spacial score (nSPS) is 19.6. The molecule has 0 fully saturated rings. The van der Waals surface area contributed by atoms with Crippen molar-refractivity contribution in [2.75, 3.05) is 0 Å². The molecule has 1 aliphatic carbocycles. The molecule has 1 aliphatic heterocycles. The van der Waals surface area contributed by atoms with E-state index in [9.17, 15) is 9.59 Å². The summed E-state index contributed by atoms with van der Waals surface area (Å²) in [6.45, 7) is 2.04. The number of benzene rings is 2. The molecule has 4 rings (SSSR count). The maximum atomic E-state index is 12.0. The minimum absolute atomic E-state index is 0.160. The molecule has 2 N–H and O–H groups in total. The van der Waals surface area contributed by atoms with E-state index in [0.29, 0.717) is 39.1 Å². The monoisotopic (exact) mass is 321 g/mol. The minimum atomic E-state index is -0.636. The zero-order valence-corrected chi connectivity index (χ0v) is 13.0. The molecule has 2 aromatic carbocycles. The number of rotatable bonds is 2. The lowest BCUT2D eigenvalue weighted by molar-refractivity contribution is 0.0391. The van der Waals surface area contributed by atoms with Crippen molar-refractivity contribution in [3.63, 3.8) is 0 Å². The van der Waals surface area contributed by atoms with Gasteiger partial charge in [0.05, 0.1) is 16.8 Å². The third kappa shape index (κ3) is 2.09. The van der Waals surface area contributed by atoms with Crippen LogP contribution in [0.15, 0.2) is 53.9 Å². The highest BCUT2D eigenvalue weighted by Gasteiger charge is 2.28. The maximum absolute atomic E-state index is 12.0. The van der Waals surface area contributed by atoms with Crippen molar-refractivity contribution >= 4 is 22.7 Å². The Morgan fingerprint density at radius 3 is 2.62 bits per heavy atom.